The number of hydrogen-bond donors (Lipinski definition) is 2. The van der Waals surface area contributed by atoms with Crippen LogP contribution in [0.25, 0.3) is 11.0 Å². The van der Waals surface area contributed by atoms with Crippen LogP contribution in [0.1, 0.15) is 6.92 Å². The zero-order chi connectivity index (χ0) is 11.7. The number of nitrogens with zero attached hydrogens (tertiary/aromatic N) is 1. The van der Waals surface area contributed by atoms with Gasteiger partial charge in [-0.1, -0.05) is 0 Å². The molecular weight excluding hydrogens is 208 g/mol. The second-order valence-electron chi connectivity index (χ2n) is 3.77. The summed E-state index contributed by atoms with van der Waals surface area (Å²) in [5, 5.41) is 9.31. The number of aliphatic hydroxyl groups excluding tert-OH is 1. The largest absolute Gasteiger partial charge is 0.497 e. The first-order valence-electron chi connectivity index (χ1n) is 5.06. The number of hydrogen-bond acceptors (Lipinski definition) is 3. The van der Waals surface area contributed by atoms with Crippen LogP contribution in [0, 0.1) is 0 Å². The standard InChI is InChI=1S/C11H14N2O3/c1-7(14)6-13-10-4-3-8(16-2)5-9(10)12-11(13)15/h3-5,7,14H,6H2,1-2H3,(H,12,15). The van der Waals surface area contributed by atoms with Crippen molar-refractivity contribution >= 4 is 11.0 Å². The van der Waals surface area contributed by atoms with Gasteiger partial charge in [0.15, 0.2) is 0 Å². The number of fused-ring (bicyclic) bond motifs is 1. The molecule has 0 saturated heterocycles. The van der Waals surface area contributed by atoms with Crippen LogP contribution in [0.2, 0.25) is 0 Å². The molecule has 86 valence electrons. The molecule has 5 heteroatoms. The Morgan fingerprint density at radius 3 is 2.94 bits per heavy atom. The van der Waals surface area contributed by atoms with E-state index in [-0.39, 0.29) is 12.2 Å². The normalized spacial score (nSPS) is 12.9. The fourth-order valence-corrected chi connectivity index (χ4v) is 1.72. The van der Waals surface area contributed by atoms with Crippen molar-refractivity contribution in [1.82, 2.24) is 9.55 Å². The fraction of sp³-hybridized carbons (Fsp3) is 0.364. The lowest BCUT2D eigenvalue weighted by Gasteiger charge is -2.05. The first-order valence-corrected chi connectivity index (χ1v) is 5.06. The lowest BCUT2D eigenvalue weighted by atomic mass is 10.3. The molecule has 0 aliphatic carbocycles. The number of methoxy groups -OCH3 is 1. The average Bonchev–Trinajstić information content (AvgIpc) is 2.54. The highest BCUT2D eigenvalue weighted by Crippen LogP contribution is 2.18. The van der Waals surface area contributed by atoms with Crippen LogP contribution in [0.5, 0.6) is 5.75 Å². The Hall–Kier alpha value is -1.75. The maximum atomic E-state index is 11.6. The summed E-state index contributed by atoms with van der Waals surface area (Å²) in [7, 11) is 1.58. The van der Waals surface area contributed by atoms with Crippen LogP contribution >= 0.6 is 0 Å². The number of nitrogens with one attached hydrogen (secondary N) is 1. The molecule has 2 rings (SSSR count). The summed E-state index contributed by atoms with van der Waals surface area (Å²) in [6.07, 6.45) is -0.557. The van der Waals surface area contributed by atoms with Crippen molar-refractivity contribution in [3.63, 3.8) is 0 Å². The molecule has 16 heavy (non-hydrogen) atoms. The van der Waals surface area contributed by atoms with Gasteiger partial charge >= 0.3 is 5.69 Å². The Morgan fingerprint density at radius 2 is 2.31 bits per heavy atom. The molecule has 0 saturated carbocycles. The molecule has 1 aromatic heterocycles. The molecule has 1 unspecified atom stereocenters. The van der Waals surface area contributed by atoms with Crippen LogP contribution in [0.3, 0.4) is 0 Å². The summed E-state index contributed by atoms with van der Waals surface area (Å²) < 4.78 is 6.59. The van der Waals surface area contributed by atoms with E-state index in [2.05, 4.69) is 4.98 Å². The summed E-state index contributed by atoms with van der Waals surface area (Å²) in [6.45, 7) is 1.93. The summed E-state index contributed by atoms with van der Waals surface area (Å²) in [5.74, 6) is 0.693. The number of aromatic amines is 1. The minimum atomic E-state index is -0.557. The molecular formula is C11H14N2O3. The van der Waals surface area contributed by atoms with E-state index >= 15 is 0 Å². The van der Waals surface area contributed by atoms with Crippen molar-refractivity contribution in [2.45, 2.75) is 19.6 Å². The van der Waals surface area contributed by atoms with Crippen molar-refractivity contribution < 1.29 is 9.84 Å². The summed E-state index contributed by atoms with van der Waals surface area (Å²) in [4.78, 5) is 14.4. The Balaban J connectivity index is 2.58. The molecule has 5 nitrogen and oxygen atoms in total. The van der Waals surface area contributed by atoms with E-state index < -0.39 is 6.10 Å². The summed E-state index contributed by atoms with van der Waals surface area (Å²) >= 11 is 0. The molecule has 0 radical (unpaired) electrons. The van der Waals surface area contributed by atoms with Gasteiger partial charge in [-0.05, 0) is 19.1 Å². The molecule has 1 aromatic carbocycles. The van der Waals surface area contributed by atoms with Crippen molar-refractivity contribution in [2.75, 3.05) is 7.11 Å². The van der Waals surface area contributed by atoms with Gasteiger partial charge in [0, 0.05) is 6.07 Å². The van der Waals surface area contributed by atoms with Crippen LogP contribution in [-0.4, -0.2) is 27.9 Å². The molecule has 0 bridgehead atoms. The predicted molar refractivity (Wildman–Crippen MR) is 60.8 cm³/mol. The number of aliphatic hydroxyl groups is 1. The molecule has 0 amide bonds. The molecule has 0 aliphatic rings. The highest BCUT2D eigenvalue weighted by molar-refractivity contribution is 5.76. The number of benzene rings is 1. The lowest BCUT2D eigenvalue weighted by Crippen LogP contribution is -2.22. The van der Waals surface area contributed by atoms with Crippen LogP contribution in [0.15, 0.2) is 23.0 Å². The molecule has 0 aliphatic heterocycles. The monoisotopic (exact) mass is 222 g/mol. The van der Waals surface area contributed by atoms with Gasteiger partial charge in [-0.3, -0.25) is 4.57 Å². The lowest BCUT2D eigenvalue weighted by molar-refractivity contribution is 0.174. The fourth-order valence-electron chi connectivity index (χ4n) is 1.72. The van der Waals surface area contributed by atoms with Gasteiger partial charge in [0.05, 0.1) is 30.8 Å². The molecule has 1 atom stereocenters. The van der Waals surface area contributed by atoms with E-state index in [1.54, 1.807) is 32.2 Å². The third-order valence-corrected chi connectivity index (χ3v) is 2.43. The highest BCUT2D eigenvalue weighted by Gasteiger charge is 2.09. The number of rotatable bonds is 3. The maximum Gasteiger partial charge on any atom is 0.326 e. The van der Waals surface area contributed by atoms with Crippen LogP contribution in [-0.2, 0) is 6.54 Å². The van der Waals surface area contributed by atoms with E-state index in [1.807, 2.05) is 0 Å². The third kappa shape index (κ3) is 1.81. The number of ether oxygens (including phenoxy) is 1. The summed E-state index contributed by atoms with van der Waals surface area (Å²) in [6, 6.07) is 5.35. The zero-order valence-corrected chi connectivity index (χ0v) is 9.23. The second kappa shape index (κ2) is 4.02. The Kier molecular flexibility index (Phi) is 2.70. The number of imidazole rings is 1. The number of aromatic nitrogens is 2. The third-order valence-electron chi connectivity index (χ3n) is 2.43. The van der Waals surface area contributed by atoms with Crippen LogP contribution < -0.4 is 10.4 Å². The Bertz CT molecular complexity index is 554. The van der Waals surface area contributed by atoms with E-state index in [0.717, 1.165) is 5.52 Å². The minimum absolute atomic E-state index is 0.218. The van der Waals surface area contributed by atoms with Crippen LogP contribution in [0.4, 0.5) is 0 Å². The van der Waals surface area contributed by atoms with Gasteiger partial charge in [-0.25, -0.2) is 4.79 Å². The molecule has 2 aromatic rings. The maximum absolute atomic E-state index is 11.6. The topological polar surface area (TPSA) is 67.2 Å². The molecule has 2 N–H and O–H groups in total. The van der Waals surface area contributed by atoms with Crippen molar-refractivity contribution in [3.05, 3.63) is 28.7 Å². The van der Waals surface area contributed by atoms with E-state index in [9.17, 15) is 9.90 Å². The van der Waals surface area contributed by atoms with Crippen molar-refractivity contribution in [1.29, 1.82) is 0 Å². The SMILES string of the molecule is COc1ccc2c(c1)[nH]c(=O)n2CC(C)O. The van der Waals surface area contributed by atoms with Crippen molar-refractivity contribution in [2.24, 2.45) is 0 Å². The number of H-pyrrole nitrogens is 1. The van der Waals surface area contributed by atoms with Gasteiger partial charge in [0.1, 0.15) is 5.75 Å². The minimum Gasteiger partial charge on any atom is -0.497 e. The predicted octanol–water partition coefficient (Wildman–Crippen LogP) is 0.719. The zero-order valence-electron chi connectivity index (χ0n) is 9.23. The molecule has 0 fully saturated rings. The highest BCUT2D eigenvalue weighted by atomic mass is 16.5. The van der Waals surface area contributed by atoms with Gasteiger partial charge in [0.25, 0.3) is 0 Å². The van der Waals surface area contributed by atoms with Crippen molar-refractivity contribution in [3.8, 4) is 5.75 Å². The molecule has 1 heterocycles. The van der Waals surface area contributed by atoms with Gasteiger partial charge in [-0.2, -0.15) is 0 Å². The average molecular weight is 222 g/mol. The first kappa shape index (κ1) is 10.8. The first-order chi connectivity index (χ1) is 7.61. The van der Waals surface area contributed by atoms with Gasteiger partial charge in [0.2, 0.25) is 0 Å². The van der Waals surface area contributed by atoms with Gasteiger partial charge in [-0.15, -0.1) is 0 Å². The molecule has 0 spiro atoms. The summed E-state index contributed by atoms with van der Waals surface area (Å²) in [5.41, 5.74) is 1.26. The quantitative estimate of drug-likeness (QED) is 0.804. The van der Waals surface area contributed by atoms with E-state index in [4.69, 9.17) is 4.74 Å². The van der Waals surface area contributed by atoms with E-state index in [1.165, 1.54) is 4.57 Å². The smallest absolute Gasteiger partial charge is 0.326 e. The van der Waals surface area contributed by atoms with Gasteiger partial charge < -0.3 is 14.8 Å². The second-order valence-corrected chi connectivity index (χ2v) is 3.77. The van der Waals surface area contributed by atoms with E-state index in [0.29, 0.717) is 11.3 Å². The Labute approximate surface area is 92.3 Å². The Morgan fingerprint density at radius 1 is 1.56 bits per heavy atom.